The van der Waals surface area contributed by atoms with E-state index >= 15 is 0 Å². The van der Waals surface area contributed by atoms with Crippen LogP contribution in [0.15, 0.2) is 30.3 Å². The van der Waals surface area contributed by atoms with Gasteiger partial charge in [0.15, 0.2) is 0 Å². The summed E-state index contributed by atoms with van der Waals surface area (Å²) in [6.45, 7) is 5.66. The lowest BCUT2D eigenvalue weighted by molar-refractivity contribution is -0.170. The molecule has 1 rings (SSSR count). The van der Waals surface area contributed by atoms with Gasteiger partial charge in [-0.3, -0.25) is 15.3 Å². The van der Waals surface area contributed by atoms with Crippen molar-refractivity contribution in [3.63, 3.8) is 0 Å². The zero-order valence-corrected chi connectivity index (χ0v) is 11.5. The van der Waals surface area contributed by atoms with Crippen LogP contribution in [0.4, 0.5) is 0 Å². The number of nitrogens with two attached hydrogens (primary N) is 2. The molecular formula is C14H20N2O3. The van der Waals surface area contributed by atoms with E-state index in [2.05, 4.69) is 0 Å². The summed E-state index contributed by atoms with van der Waals surface area (Å²) in [6.07, 6.45) is 0.145. The van der Waals surface area contributed by atoms with E-state index in [4.69, 9.17) is 16.2 Å². The number of ether oxygens (including phenoxy) is 1. The van der Waals surface area contributed by atoms with Crippen molar-refractivity contribution in [1.82, 2.24) is 0 Å². The third kappa shape index (κ3) is 4.06. The number of primary amides is 1. The molecule has 19 heavy (non-hydrogen) atoms. The Balaban J connectivity index is 2.97. The Labute approximate surface area is 112 Å². The quantitative estimate of drug-likeness (QED) is 0.632. The largest absolute Gasteiger partial charge is 0.430 e. The number of rotatable bonds is 4. The van der Waals surface area contributed by atoms with Crippen molar-refractivity contribution >= 4 is 11.9 Å². The lowest BCUT2D eigenvalue weighted by Crippen LogP contribution is -2.52. The number of hydrogen-bond donors (Lipinski definition) is 2. The van der Waals surface area contributed by atoms with Gasteiger partial charge in [0.05, 0.1) is 6.42 Å². The van der Waals surface area contributed by atoms with Crippen LogP contribution in [-0.4, -0.2) is 11.9 Å². The first-order valence-electron chi connectivity index (χ1n) is 6.01. The van der Waals surface area contributed by atoms with Crippen LogP contribution in [0.25, 0.3) is 0 Å². The topological polar surface area (TPSA) is 95.4 Å². The van der Waals surface area contributed by atoms with E-state index in [1.807, 2.05) is 20.8 Å². The first-order chi connectivity index (χ1) is 8.65. The van der Waals surface area contributed by atoms with Crippen molar-refractivity contribution in [3.05, 3.63) is 35.9 Å². The fourth-order valence-corrected chi connectivity index (χ4v) is 1.59. The first kappa shape index (κ1) is 15.2. The smallest absolute Gasteiger partial charge is 0.308 e. The van der Waals surface area contributed by atoms with E-state index in [9.17, 15) is 9.59 Å². The molecular weight excluding hydrogens is 244 g/mol. The maximum atomic E-state index is 11.8. The molecule has 0 bridgehead atoms. The van der Waals surface area contributed by atoms with Crippen molar-refractivity contribution in [2.45, 2.75) is 32.9 Å². The molecule has 0 aliphatic heterocycles. The van der Waals surface area contributed by atoms with Gasteiger partial charge in [-0.05, 0) is 5.41 Å². The molecule has 0 aliphatic carbocycles. The first-order valence-corrected chi connectivity index (χ1v) is 6.01. The average molecular weight is 264 g/mol. The molecule has 4 N–H and O–H groups in total. The summed E-state index contributed by atoms with van der Waals surface area (Å²) in [5.41, 5.74) is 9.31. The van der Waals surface area contributed by atoms with Gasteiger partial charge in [0.1, 0.15) is 0 Å². The van der Waals surface area contributed by atoms with Gasteiger partial charge in [-0.2, -0.15) is 0 Å². The summed E-state index contributed by atoms with van der Waals surface area (Å²) in [4.78, 5) is 23.4. The highest BCUT2D eigenvalue weighted by molar-refractivity contribution is 5.87. The Morgan fingerprint density at radius 3 is 2.11 bits per heavy atom. The molecule has 0 saturated carbocycles. The molecule has 0 aliphatic rings. The molecule has 0 heterocycles. The highest BCUT2D eigenvalue weighted by atomic mass is 16.6. The Kier molecular flexibility index (Phi) is 4.32. The summed E-state index contributed by atoms with van der Waals surface area (Å²) < 4.78 is 5.13. The Morgan fingerprint density at radius 1 is 1.16 bits per heavy atom. The van der Waals surface area contributed by atoms with Crippen LogP contribution in [0.2, 0.25) is 0 Å². The second-order valence-electron chi connectivity index (χ2n) is 5.68. The van der Waals surface area contributed by atoms with E-state index in [0.29, 0.717) is 5.56 Å². The second kappa shape index (κ2) is 5.40. The number of hydrogen-bond acceptors (Lipinski definition) is 4. The molecule has 104 valence electrons. The fraction of sp³-hybridized carbons (Fsp3) is 0.429. The molecule has 5 nitrogen and oxygen atoms in total. The van der Waals surface area contributed by atoms with E-state index < -0.39 is 17.6 Å². The molecule has 0 saturated heterocycles. The zero-order chi connectivity index (χ0) is 14.7. The van der Waals surface area contributed by atoms with Gasteiger partial charge in [0.25, 0.3) is 11.6 Å². The predicted molar refractivity (Wildman–Crippen MR) is 71.7 cm³/mol. The Bertz CT molecular complexity index is 465. The van der Waals surface area contributed by atoms with Crippen LogP contribution in [0, 0.1) is 5.41 Å². The SMILES string of the molecule is CC(C)(C)CC(=O)O[C@@](N)(C(N)=O)c1ccccc1. The van der Waals surface area contributed by atoms with Gasteiger partial charge in [-0.15, -0.1) is 0 Å². The van der Waals surface area contributed by atoms with Crippen molar-refractivity contribution in [3.8, 4) is 0 Å². The van der Waals surface area contributed by atoms with Crippen molar-refractivity contribution in [2.75, 3.05) is 0 Å². The summed E-state index contributed by atoms with van der Waals surface area (Å²) in [5.74, 6) is -1.46. The third-order valence-electron chi connectivity index (χ3n) is 2.52. The van der Waals surface area contributed by atoms with Gasteiger partial charge in [-0.25, -0.2) is 0 Å². The zero-order valence-electron chi connectivity index (χ0n) is 11.5. The minimum atomic E-state index is -1.93. The number of carbonyl (C=O) groups is 2. The van der Waals surface area contributed by atoms with Crippen LogP contribution < -0.4 is 11.5 Å². The molecule has 5 heteroatoms. The highest BCUT2D eigenvalue weighted by Gasteiger charge is 2.39. The molecule has 0 fully saturated rings. The summed E-state index contributed by atoms with van der Waals surface area (Å²) in [5, 5.41) is 0. The maximum absolute atomic E-state index is 11.8. The molecule has 1 aromatic carbocycles. The van der Waals surface area contributed by atoms with Crippen LogP contribution in [0.3, 0.4) is 0 Å². The highest BCUT2D eigenvalue weighted by Crippen LogP contribution is 2.24. The van der Waals surface area contributed by atoms with E-state index in [1.165, 1.54) is 0 Å². The number of amides is 1. The van der Waals surface area contributed by atoms with Gasteiger partial charge in [-0.1, -0.05) is 51.1 Å². The Morgan fingerprint density at radius 2 is 1.68 bits per heavy atom. The molecule has 1 amide bonds. The molecule has 0 unspecified atom stereocenters. The molecule has 0 spiro atoms. The lowest BCUT2D eigenvalue weighted by Gasteiger charge is -2.28. The minimum absolute atomic E-state index is 0.145. The number of esters is 1. The average Bonchev–Trinajstić information content (AvgIpc) is 2.27. The van der Waals surface area contributed by atoms with Gasteiger partial charge in [0.2, 0.25) is 0 Å². The number of benzene rings is 1. The lowest BCUT2D eigenvalue weighted by atomic mass is 9.92. The summed E-state index contributed by atoms with van der Waals surface area (Å²) in [6, 6.07) is 8.33. The van der Waals surface area contributed by atoms with E-state index in [-0.39, 0.29) is 11.8 Å². The van der Waals surface area contributed by atoms with E-state index in [0.717, 1.165) is 0 Å². The van der Waals surface area contributed by atoms with Crippen molar-refractivity contribution in [1.29, 1.82) is 0 Å². The molecule has 0 aromatic heterocycles. The molecule has 0 radical (unpaired) electrons. The van der Waals surface area contributed by atoms with Crippen LogP contribution in [-0.2, 0) is 20.1 Å². The van der Waals surface area contributed by atoms with Gasteiger partial charge in [0, 0.05) is 5.56 Å². The predicted octanol–water partition coefficient (Wildman–Crippen LogP) is 1.26. The summed E-state index contributed by atoms with van der Waals surface area (Å²) in [7, 11) is 0. The van der Waals surface area contributed by atoms with Gasteiger partial charge >= 0.3 is 5.97 Å². The van der Waals surface area contributed by atoms with Gasteiger partial charge < -0.3 is 10.5 Å². The second-order valence-corrected chi connectivity index (χ2v) is 5.68. The minimum Gasteiger partial charge on any atom is -0.430 e. The van der Waals surface area contributed by atoms with Crippen molar-refractivity contribution < 1.29 is 14.3 Å². The molecule has 1 aromatic rings. The monoisotopic (exact) mass is 264 g/mol. The standard InChI is InChI=1S/C14H20N2O3/c1-13(2,3)9-11(17)19-14(16,12(15)18)10-7-5-4-6-8-10/h4-8H,9,16H2,1-3H3,(H2,15,18)/t14-/m1/s1. The van der Waals surface area contributed by atoms with Crippen LogP contribution in [0.1, 0.15) is 32.8 Å². The normalized spacial score (nSPS) is 14.5. The third-order valence-corrected chi connectivity index (χ3v) is 2.52. The Hall–Kier alpha value is -1.88. The molecule has 1 atom stereocenters. The maximum Gasteiger partial charge on any atom is 0.308 e. The number of carbonyl (C=O) groups excluding carboxylic acids is 2. The summed E-state index contributed by atoms with van der Waals surface area (Å²) >= 11 is 0. The van der Waals surface area contributed by atoms with Crippen LogP contribution in [0.5, 0.6) is 0 Å². The fourth-order valence-electron chi connectivity index (χ4n) is 1.59. The van der Waals surface area contributed by atoms with Crippen molar-refractivity contribution in [2.24, 2.45) is 16.9 Å². The van der Waals surface area contributed by atoms with Crippen LogP contribution >= 0.6 is 0 Å². The van der Waals surface area contributed by atoms with E-state index in [1.54, 1.807) is 30.3 Å².